The zero-order valence-corrected chi connectivity index (χ0v) is 33.0. The highest BCUT2D eigenvalue weighted by Gasteiger charge is 2.45. The van der Waals surface area contributed by atoms with Crippen LogP contribution in [0.4, 0.5) is 32.8 Å². The Balaban J connectivity index is 1.18. The van der Waals surface area contributed by atoms with Crippen LogP contribution in [0, 0.1) is 0 Å². The van der Waals surface area contributed by atoms with Crippen LogP contribution in [0.2, 0.25) is 0 Å². The predicted octanol–water partition coefficient (Wildman–Crippen LogP) is 6.62. The number of benzene rings is 3. The molecule has 316 valence electrons. The van der Waals surface area contributed by atoms with Gasteiger partial charge in [0.15, 0.2) is 9.84 Å². The van der Waals surface area contributed by atoms with Crippen molar-refractivity contribution in [3.05, 3.63) is 95.7 Å². The summed E-state index contributed by atoms with van der Waals surface area (Å²) in [6.45, 7) is 4.23. The third-order valence-corrected chi connectivity index (χ3v) is 11.2. The molecule has 2 atom stereocenters. The van der Waals surface area contributed by atoms with Gasteiger partial charge in [0.25, 0.3) is 11.8 Å². The standard InChI is InChI=1S/C39H37F4N7O9S/c1-37(2,3)58-35(52)44-27-21-60(54,55)29-15-14-26(18-28(29)50(32(27)51)19-23-10-12-25(13-11-23)30-45-34(59-48-30)39(41,42)43)31-46-47-33(57-31)38(40)16-7-17-49(22-38)36(53)56-20-24-8-5-4-6-9-24/h4-6,8-15,18,27H,7,16-17,19-22H2,1-3H3,(H,44,52)/t27-,38?/m0/s1. The number of halogens is 4. The van der Waals surface area contributed by atoms with E-state index in [2.05, 4.69) is 30.2 Å². The van der Waals surface area contributed by atoms with Gasteiger partial charge in [-0.3, -0.25) is 4.79 Å². The molecule has 1 unspecified atom stereocenters. The first-order valence-electron chi connectivity index (χ1n) is 18.4. The van der Waals surface area contributed by atoms with Gasteiger partial charge in [0.05, 0.1) is 29.4 Å². The summed E-state index contributed by atoms with van der Waals surface area (Å²) in [5, 5.41) is 13.7. The van der Waals surface area contributed by atoms with E-state index in [1.165, 1.54) is 47.4 Å². The molecule has 3 amide bonds. The number of aromatic nitrogens is 4. The Bertz CT molecular complexity index is 2510. The molecule has 4 heterocycles. The average Bonchev–Trinajstić information content (AvgIpc) is 3.89. The lowest BCUT2D eigenvalue weighted by molar-refractivity contribution is -0.159. The number of anilines is 1. The summed E-state index contributed by atoms with van der Waals surface area (Å²) < 4.78 is 104. The number of alkyl carbamates (subject to hydrolysis) is 1. The molecule has 16 nitrogen and oxygen atoms in total. The van der Waals surface area contributed by atoms with Crippen molar-refractivity contribution < 1.29 is 58.8 Å². The highest BCUT2D eigenvalue weighted by Crippen LogP contribution is 2.39. The fourth-order valence-electron chi connectivity index (χ4n) is 6.60. The monoisotopic (exact) mass is 855 g/mol. The molecule has 1 N–H and O–H groups in total. The maximum Gasteiger partial charge on any atom is 0.471 e. The number of ether oxygens (including phenoxy) is 2. The Morgan fingerprint density at radius 2 is 1.70 bits per heavy atom. The van der Waals surface area contributed by atoms with Crippen LogP contribution in [0.15, 0.2) is 86.6 Å². The van der Waals surface area contributed by atoms with Gasteiger partial charge in [0.2, 0.25) is 17.4 Å². The molecule has 0 spiro atoms. The summed E-state index contributed by atoms with van der Waals surface area (Å²) in [6, 6.07) is 16.9. The third kappa shape index (κ3) is 9.24. The number of hydrogen-bond donors (Lipinski definition) is 1. The number of piperidine rings is 1. The summed E-state index contributed by atoms with van der Waals surface area (Å²) in [5.74, 6) is -4.24. The van der Waals surface area contributed by atoms with Gasteiger partial charge >= 0.3 is 24.3 Å². The van der Waals surface area contributed by atoms with E-state index < -0.39 is 75.5 Å². The maximum absolute atomic E-state index is 16.5. The molecule has 60 heavy (non-hydrogen) atoms. The number of fused-ring (bicyclic) bond motifs is 1. The first-order valence-corrected chi connectivity index (χ1v) is 20.1. The quantitative estimate of drug-likeness (QED) is 0.164. The van der Waals surface area contributed by atoms with E-state index in [1.807, 2.05) is 6.07 Å². The molecule has 0 aliphatic carbocycles. The number of alkyl halides is 4. The number of carbonyl (C=O) groups excluding carboxylic acids is 3. The second kappa shape index (κ2) is 16.0. The summed E-state index contributed by atoms with van der Waals surface area (Å²) in [6.07, 6.45) is -6.43. The van der Waals surface area contributed by atoms with E-state index >= 15 is 4.39 Å². The van der Waals surface area contributed by atoms with Gasteiger partial charge in [0, 0.05) is 17.7 Å². The molecule has 1 fully saturated rings. The van der Waals surface area contributed by atoms with Crippen molar-refractivity contribution in [2.24, 2.45) is 0 Å². The van der Waals surface area contributed by atoms with Crippen LogP contribution in [-0.2, 0) is 49.1 Å². The number of hydrogen-bond acceptors (Lipinski definition) is 13. The Labute approximate surface area is 339 Å². The van der Waals surface area contributed by atoms with E-state index in [0.717, 1.165) is 10.5 Å². The van der Waals surface area contributed by atoms with Gasteiger partial charge in [0.1, 0.15) is 18.2 Å². The van der Waals surface area contributed by atoms with Gasteiger partial charge in [-0.05, 0) is 62.9 Å². The molecule has 2 aromatic heterocycles. The number of rotatable bonds is 8. The largest absolute Gasteiger partial charge is 0.471 e. The summed E-state index contributed by atoms with van der Waals surface area (Å²) in [5.41, 5.74) is -2.01. The smallest absolute Gasteiger partial charge is 0.445 e. The van der Waals surface area contributed by atoms with Gasteiger partial charge in [-0.15, -0.1) is 10.2 Å². The van der Waals surface area contributed by atoms with Crippen LogP contribution in [0.1, 0.15) is 56.5 Å². The van der Waals surface area contributed by atoms with E-state index in [1.54, 1.807) is 45.0 Å². The van der Waals surface area contributed by atoms with Crippen molar-refractivity contribution >= 4 is 33.6 Å². The summed E-state index contributed by atoms with van der Waals surface area (Å²) in [4.78, 5) is 45.4. The summed E-state index contributed by atoms with van der Waals surface area (Å²) >= 11 is 0. The zero-order chi connectivity index (χ0) is 43.0. The Morgan fingerprint density at radius 1 is 0.983 bits per heavy atom. The zero-order valence-electron chi connectivity index (χ0n) is 32.2. The molecule has 7 rings (SSSR count). The summed E-state index contributed by atoms with van der Waals surface area (Å²) in [7, 11) is -4.31. The topological polar surface area (TPSA) is 200 Å². The maximum atomic E-state index is 16.5. The third-order valence-electron chi connectivity index (χ3n) is 9.41. The van der Waals surface area contributed by atoms with Crippen molar-refractivity contribution in [2.75, 3.05) is 23.7 Å². The van der Waals surface area contributed by atoms with Gasteiger partial charge in [-0.2, -0.15) is 18.2 Å². The molecule has 2 aliphatic rings. The van der Waals surface area contributed by atoms with E-state index in [4.69, 9.17) is 13.9 Å². The Kier molecular flexibility index (Phi) is 11.1. The lowest BCUT2D eigenvalue weighted by atomic mass is 9.95. The predicted molar refractivity (Wildman–Crippen MR) is 201 cm³/mol. The van der Waals surface area contributed by atoms with Gasteiger partial charge in [-0.1, -0.05) is 59.8 Å². The van der Waals surface area contributed by atoms with Crippen molar-refractivity contribution in [2.45, 2.75) is 75.1 Å². The number of nitrogens with zero attached hydrogens (tertiary/aromatic N) is 6. The van der Waals surface area contributed by atoms with Crippen molar-refractivity contribution in [3.8, 4) is 22.8 Å². The molecule has 2 aliphatic heterocycles. The first-order chi connectivity index (χ1) is 28.3. The van der Waals surface area contributed by atoms with Crippen molar-refractivity contribution in [1.82, 2.24) is 30.6 Å². The van der Waals surface area contributed by atoms with Crippen LogP contribution >= 0.6 is 0 Å². The highest BCUT2D eigenvalue weighted by atomic mass is 32.2. The van der Waals surface area contributed by atoms with Crippen LogP contribution in [0.3, 0.4) is 0 Å². The van der Waals surface area contributed by atoms with Crippen LogP contribution in [0.25, 0.3) is 22.8 Å². The number of nitrogens with one attached hydrogen (secondary N) is 1. The lowest BCUT2D eigenvalue weighted by Crippen LogP contribution is -2.51. The number of likely N-dealkylation sites (tertiary alicyclic amines) is 1. The minimum absolute atomic E-state index is 0.0107. The lowest BCUT2D eigenvalue weighted by Gasteiger charge is -2.34. The Morgan fingerprint density at radius 3 is 2.38 bits per heavy atom. The second-order valence-electron chi connectivity index (χ2n) is 15.1. The van der Waals surface area contributed by atoms with Crippen molar-refractivity contribution in [3.63, 3.8) is 0 Å². The van der Waals surface area contributed by atoms with Crippen LogP contribution in [-0.4, -0.2) is 82.2 Å². The number of amides is 3. The molecule has 5 aromatic rings. The van der Waals surface area contributed by atoms with E-state index in [-0.39, 0.29) is 66.0 Å². The minimum atomic E-state index is -4.86. The molecular formula is C39H37F4N7O9S. The molecule has 21 heteroatoms. The number of carbonyl (C=O) groups is 3. The molecule has 0 radical (unpaired) electrons. The molecule has 0 saturated carbocycles. The van der Waals surface area contributed by atoms with Gasteiger partial charge < -0.3 is 33.5 Å². The minimum Gasteiger partial charge on any atom is -0.445 e. The fraction of sp³-hybridized carbons (Fsp3) is 0.359. The van der Waals surface area contributed by atoms with Crippen LogP contribution in [0.5, 0.6) is 0 Å². The fourth-order valence-corrected chi connectivity index (χ4v) is 8.21. The number of sulfone groups is 1. The average molecular weight is 856 g/mol. The normalized spacial score (nSPS) is 19.3. The van der Waals surface area contributed by atoms with E-state index in [0.29, 0.717) is 5.56 Å². The first kappa shape index (κ1) is 41.8. The second-order valence-corrected chi connectivity index (χ2v) is 17.2. The van der Waals surface area contributed by atoms with Gasteiger partial charge in [-0.25, -0.2) is 22.4 Å². The van der Waals surface area contributed by atoms with Crippen LogP contribution < -0.4 is 10.2 Å². The molecule has 3 aromatic carbocycles. The van der Waals surface area contributed by atoms with Crippen molar-refractivity contribution in [1.29, 1.82) is 0 Å². The highest BCUT2D eigenvalue weighted by molar-refractivity contribution is 7.91. The SMILES string of the molecule is CC(C)(C)OC(=O)N[C@H]1CS(=O)(=O)c2ccc(-c3nnc(C4(F)CCCN(C(=O)OCc5ccccc5)C4)o3)cc2N(Cc2ccc(-c3noc(C(F)(F)F)n3)cc2)C1=O. The molecule has 1 saturated heterocycles. The van der Waals surface area contributed by atoms with E-state index in [9.17, 15) is 36.0 Å². The molecular weight excluding hydrogens is 819 g/mol. The molecule has 0 bridgehead atoms. The Hall–Kier alpha value is -6.38.